The molecular formula is C22H21N5O. The van der Waals surface area contributed by atoms with Crippen molar-refractivity contribution in [1.82, 2.24) is 15.0 Å². The van der Waals surface area contributed by atoms with Crippen molar-refractivity contribution in [3.05, 3.63) is 72.7 Å². The maximum atomic E-state index is 12.2. The molecule has 0 atom stereocenters. The fourth-order valence-electron chi connectivity index (χ4n) is 2.99. The number of anilines is 2. The van der Waals surface area contributed by atoms with Gasteiger partial charge in [-0.2, -0.15) is 0 Å². The zero-order valence-electron chi connectivity index (χ0n) is 15.7. The monoisotopic (exact) mass is 371 g/mol. The van der Waals surface area contributed by atoms with Crippen molar-refractivity contribution in [3.8, 4) is 11.1 Å². The Kier molecular flexibility index (Phi) is 4.76. The summed E-state index contributed by atoms with van der Waals surface area (Å²) in [5.74, 6) is 0.462. The first-order chi connectivity index (χ1) is 13.6. The van der Waals surface area contributed by atoms with E-state index in [1.165, 1.54) is 0 Å². The lowest BCUT2D eigenvalue weighted by Gasteiger charge is -2.10. The fraction of sp³-hybridized carbons (Fsp3) is 0.136. The van der Waals surface area contributed by atoms with Crippen LogP contribution in [0.2, 0.25) is 0 Å². The summed E-state index contributed by atoms with van der Waals surface area (Å²) in [7, 11) is 0. The van der Waals surface area contributed by atoms with Crippen molar-refractivity contribution in [1.29, 1.82) is 0 Å². The molecule has 140 valence electrons. The molecule has 0 aliphatic carbocycles. The average molecular weight is 371 g/mol. The number of H-pyrrole nitrogens is 1. The molecular weight excluding hydrogens is 350 g/mol. The van der Waals surface area contributed by atoms with Crippen LogP contribution in [-0.2, 0) is 0 Å². The first-order valence-corrected chi connectivity index (χ1v) is 9.17. The topological polar surface area (TPSA) is 82.7 Å². The lowest BCUT2D eigenvalue weighted by Crippen LogP contribution is -2.12. The zero-order chi connectivity index (χ0) is 19.5. The van der Waals surface area contributed by atoms with Crippen molar-refractivity contribution < 1.29 is 4.79 Å². The van der Waals surface area contributed by atoms with Gasteiger partial charge in [-0.25, -0.2) is 9.97 Å². The molecule has 0 fully saturated rings. The van der Waals surface area contributed by atoms with Gasteiger partial charge in [0.15, 0.2) is 0 Å². The van der Waals surface area contributed by atoms with Crippen LogP contribution in [0.3, 0.4) is 0 Å². The van der Waals surface area contributed by atoms with Crippen LogP contribution in [0.5, 0.6) is 0 Å². The van der Waals surface area contributed by atoms with Crippen molar-refractivity contribution in [3.63, 3.8) is 0 Å². The summed E-state index contributed by atoms with van der Waals surface area (Å²) in [6.07, 6.45) is 3.55. The third-order valence-electron chi connectivity index (χ3n) is 4.29. The van der Waals surface area contributed by atoms with Gasteiger partial charge in [0.05, 0.1) is 5.52 Å². The van der Waals surface area contributed by atoms with Gasteiger partial charge in [-0.3, -0.25) is 4.79 Å². The summed E-state index contributed by atoms with van der Waals surface area (Å²) in [6, 6.07) is 17.7. The number of carbonyl (C=O) groups excluding carboxylic acids is 1. The van der Waals surface area contributed by atoms with Crippen molar-refractivity contribution in [2.24, 2.45) is 0 Å². The van der Waals surface area contributed by atoms with E-state index in [-0.39, 0.29) is 11.9 Å². The van der Waals surface area contributed by atoms with E-state index >= 15 is 0 Å². The number of aromatic nitrogens is 3. The molecule has 1 amide bonds. The smallest absolute Gasteiger partial charge is 0.272 e. The summed E-state index contributed by atoms with van der Waals surface area (Å²) in [6.45, 7) is 4.11. The summed E-state index contributed by atoms with van der Waals surface area (Å²) in [4.78, 5) is 24.1. The summed E-state index contributed by atoms with van der Waals surface area (Å²) < 4.78 is 0. The lowest BCUT2D eigenvalue weighted by molar-refractivity contribution is 0.102. The molecule has 2 aromatic carbocycles. The first kappa shape index (κ1) is 17.7. The number of amides is 1. The van der Waals surface area contributed by atoms with Gasteiger partial charge >= 0.3 is 0 Å². The zero-order valence-corrected chi connectivity index (χ0v) is 15.7. The van der Waals surface area contributed by atoms with E-state index < -0.39 is 0 Å². The molecule has 6 nitrogen and oxygen atoms in total. The molecule has 6 heteroatoms. The van der Waals surface area contributed by atoms with Gasteiger partial charge in [0.25, 0.3) is 5.91 Å². The molecule has 0 spiro atoms. The number of hydrogen-bond acceptors (Lipinski definition) is 4. The Balaban J connectivity index is 1.60. The quantitative estimate of drug-likeness (QED) is 0.475. The minimum absolute atomic E-state index is 0.167. The second-order valence-corrected chi connectivity index (χ2v) is 6.88. The Morgan fingerprint density at radius 1 is 1.04 bits per heavy atom. The minimum atomic E-state index is -0.167. The summed E-state index contributed by atoms with van der Waals surface area (Å²) in [5.41, 5.74) is 4.20. The van der Waals surface area contributed by atoms with E-state index in [9.17, 15) is 4.79 Å². The van der Waals surface area contributed by atoms with Gasteiger partial charge in [-0.05, 0) is 61.4 Å². The van der Waals surface area contributed by atoms with Gasteiger partial charge in [-0.1, -0.05) is 18.2 Å². The number of carbonyl (C=O) groups is 1. The number of fused-ring (bicyclic) bond motifs is 1. The molecule has 2 aromatic heterocycles. The number of benzene rings is 2. The molecule has 28 heavy (non-hydrogen) atoms. The molecule has 4 aromatic rings. The van der Waals surface area contributed by atoms with Crippen LogP contribution in [-0.4, -0.2) is 26.9 Å². The van der Waals surface area contributed by atoms with E-state index in [4.69, 9.17) is 0 Å². The molecule has 3 N–H and O–H groups in total. The van der Waals surface area contributed by atoms with Gasteiger partial charge < -0.3 is 15.6 Å². The maximum absolute atomic E-state index is 12.2. The number of nitrogens with zero attached hydrogens (tertiary/aromatic N) is 2. The van der Waals surface area contributed by atoms with Crippen LogP contribution in [0.25, 0.3) is 22.0 Å². The Morgan fingerprint density at radius 3 is 2.68 bits per heavy atom. The second kappa shape index (κ2) is 7.52. The minimum Gasteiger partial charge on any atom is -0.357 e. The van der Waals surface area contributed by atoms with E-state index in [1.54, 1.807) is 18.3 Å². The first-order valence-electron chi connectivity index (χ1n) is 9.17. The van der Waals surface area contributed by atoms with Crippen LogP contribution in [0.15, 0.2) is 67.0 Å². The Hall–Kier alpha value is -3.67. The highest BCUT2D eigenvalue weighted by atomic mass is 16.1. The van der Waals surface area contributed by atoms with Crippen LogP contribution >= 0.6 is 0 Å². The number of hydrogen-bond donors (Lipinski definition) is 3. The molecule has 0 aliphatic heterocycles. The fourth-order valence-corrected chi connectivity index (χ4v) is 2.99. The highest BCUT2D eigenvalue weighted by Crippen LogP contribution is 2.26. The van der Waals surface area contributed by atoms with Gasteiger partial charge in [0.2, 0.25) is 5.95 Å². The average Bonchev–Trinajstić information content (AvgIpc) is 3.22. The SMILES string of the molecule is CC(C)Nc1ncc2cc(-c3cccc(NC(=O)c4ccc[nH]4)c3)ccc2n1. The van der Waals surface area contributed by atoms with E-state index in [1.807, 2.05) is 42.6 Å². The molecule has 0 bridgehead atoms. The number of rotatable bonds is 5. The number of aromatic amines is 1. The number of nitrogens with one attached hydrogen (secondary N) is 3. The molecule has 0 radical (unpaired) electrons. The van der Waals surface area contributed by atoms with Gasteiger partial charge in [0.1, 0.15) is 5.69 Å². The van der Waals surface area contributed by atoms with Crippen molar-refractivity contribution >= 4 is 28.4 Å². The third-order valence-corrected chi connectivity index (χ3v) is 4.29. The van der Waals surface area contributed by atoms with Gasteiger partial charge in [-0.15, -0.1) is 0 Å². The lowest BCUT2D eigenvalue weighted by atomic mass is 10.0. The van der Waals surface area contributed by atoms with E-state index in [0.717, 1.165) is 27.7 Å². The highest BCUT2D eigenvalue weighted by Gasteiger charge is 2.08. The predicted octanol–water partition coefficient (Wildman–Crippen LogP) is 4.70. The van der Waals surface area contributed by atoms with E-state index in [2.05, 4.69) is 45.5 Å². The Bertz CT molecular complexity index is 1120. The van der Waals surface area contributed by atoms with Crippen molar-refractivity contribution in [2.75, 3.05) is 10.6 Å². The Labute approximate surface area is 163 Å². The highest BCUT2D eigenvalue weighted by molar-refractivity contribution is 6.03. The van der Waals surface area contributed by atoms with Crippen molar-refractivity contribution in [2.45, 2.75) is 19.9 Å². The summed E-state index contributed by atoms with van der Waals surface area (Å²) in [5, 5.41) is 7.09. The largest absolute Gasteiger partial charge is 0.357 e. The maximum Gasteiger partial charge on any atom is 0.272 e. The third kappa shape index (κ3) is 3.86. The molecule has 0 saturated carbocycles. The van der Waals surface area contributed by atoms with Crippen LogP contribution in [0.4, 0.5) is 11.6 Å². The standard InChI is InChI=1S/C22H21N5O/c1-14(2)25-22-24-13-17-11-16(8-9-19(17)27-22)15-5-3-6-18(12-15)26-21(28)20-7-4-10-23-20/h3-14,23H,1-2H3,(H,26,28)(H,24,25,27). The molecule has 2 heterocycles. The molecule has 4 rings (SSSR count). The molecule has 0 saturated heterocycles. The Morgan fingerprint density at radius 2 is 1.89 bits per heavy atom. The molecule has 0 unspecified atom stereocenters. The van der Waals surface area contributed by atoms with Crippen LogP contribution < -0.4 is 10.6 Å². The normalized spacial score (nSPS) is 11.0. The van der Waals surface area contributed by atoms with E-state index in [0.29, 0.717) is 11.6 Å². The predicted molar refractivity (Wildman–Crippen MR) is 112 cm³/mol. The molecule has 0 aliphatic rings. The van der Waals surface area contributed by atoms with Crippen LogP contribution in [0, 0.1) is 0 Å². The summed E-state index contributed by atoms with van der Waals surface area (Å²) >= 11 is 0. The second-order valence-electron chi connectivity index (χ2n) is 6.88. The van der Waals surface area contributed by atoms with Gasteiger partial charge in [0, 0.05) is 29.5 Å². The van der Waals surface area contributed by atoms with Crippen LogP contribution in [0.1, 0.15) is 24.3 Å².